The number of nitrogens with zero attached hydrogens (tertiary/aromatic N) is 2. The molecule has 0 radical (unpaired) electrons. The molecule has 12 heteroatoms. The molecule has 0 aromatic heterocycles. The molecule has 2 amide bonds. The first-order chi connectivity index (χ1) is 19.4. The summed E-state index contributed by atoms with van der Waals surface area (Å²) < 4.78 is 82.2. The van der Waals surface area contributed by atoms with Crippen LogP contribution in [-0.4, -0.2) is 44.3 Å². The lowest BCUT2D eigenvalue weighted by atomic mass is 10.1. The zero-order chi connectivity index (χ0) is 30.2. The standard InChI is InChI=1S/C29H31F4N3O4S/c1-3-17-34-28(38)26(4-2)35(19-21-13-15-23(30)16-14-21)27(37)20-36(41(39,40)25-11-6-5-7-12-25)24-10-8-9-22(18-24)29(31,32)33/h5-16,18,26H,3-4,17,19-20H2,1-2H3,(H,34,38)/t26-/m1/s1. The molecular formula is C29H31F4N3O4S. The second-order valence-corrected chi connectivity index (χ2v) is 11.1. The summed E-state index contributed by atoms with van der Waals surface area (Å²) in [4.78, 5) is 27.8. The third-order valence-electron chi connectivity index (χ3n) is 6.27. The lowest BCUT2D eigenvalue weighted by Crippen LogP contribution is -2.52. The van der Waals surface area contributed by atoms with Crippen LogP contribution in [0.25, 0.3) is 0 Å². The maximum Gasteiger partial charge on any atom is 0.416 e. The normalized spacial score (nSPS) is 12.4. The molecule has 0 aliphatic rings. The van der Waals surface area contributed by atoms with Crippen molar-refractivity contribution in [3.63, 3.8) is 0 Å². The molecule has 0 heterocycles. The Morgan fingerprint density at radius 1 is 0.927 bits per heavy atom. The summed E-state index contributed by atoms with van der Waals surface area (Å²) in [5.41, 5.74) is -0.996. The molecule has 0 aliphatic carbocycles. The first kappa shape index (κ1) is 31.6. The number of alkyl halides is 3. The summed E-state index contributed by atoms with van der Waals surface area (Å²) in [6.07, 6.45) is -3.97. The monoisotopic (exact) mass is 593 g/mol. The highest BCUT2D eigenvalue weighted by Gasteiger charge is 2.35. The number of benzene rings is 3. The van der Waals surface area contributed by atoms with E-state index in [0.29, 0.717) is 28.9 Å². The largest absolute Gasteiger partial charge is 0.416 e. The SMILES string of the molecule is CCCNC(=O)[C@@H](CC)N(Cc1ccc(F)cc1)C(=O)CN(c1cccc(C(F)(F)F)c1)S(=O)(=O)c1ccccc1. The van der Waals surface area contributed by atoms with E-state index < -0.39 is 52.0 Å². The first-order valence-electron chi connectivity index (χ1n) is 12.9. The van der Waals surface area contributed by atoms with Crippen molar-refractivity contribution in [2.75, 3.05) is 17.4 Å². The Kier molecular flexibility index (Phi) is 10.5. The van der Waals surface area contributed by atoms with Gasteiger partial charge in [0.25, 0.3) is 10.0 Å². The van der Waals surface area contributed by atoms with Crippen LogP contribution in [-0.2, 0) is 32.3 Å². The molecule has 3 aromatic rings. The van der Waals surface area contributed by atoms with Crippen molar-refractivity contribution in [1.29, 1.82) is 0 Å². The molecule has 220 valence electrons. The van der Waals surface area contributed by atoms with Crippen LogP contribution in [0.5, 0.6) is 0 Å². The molecule has 3 rings (SSSR count). The minimum Gasteiger partial charge on any atom is -0.354 e. The van der Waals surface area contributed by atoms with Gasteiger partial charge in [0.05, 0.1) is 16.1 Å². The van der Waals surface area contributed by atoms with E-state index in [0.717, 1.165) is 12.1 Å². The van der Waals surface area contributed by atoms with Gasteiger partial charge >= 0.3 is 6.18 Å². The molecule has 0 aliphatic heterocycles. The van der Waals surface area contributed by atoms with Gasteiger partial charge in [-0.05, 0) is 60.9 Å². The van der Waals surface area contributed by atoms with Crippen LogP contribution in [0, 0.1) is 5.82 Å². The Hall–Kier alpha value is -3.93. The third kappa shape index (κ3) is 8.06. The molecule has 0 spiro atoms. The molecule has 7 nitrogen and oxygen atoms in total. The van der Waals surface area contributed by atoms with Gasteiger partial charge in [-0.2, -0.15) is 13.2 Å². The van der Waals surface area contributed by atoms with E-state index in [1.54, 1.807) is 13.0 Å². The number of carbonyl (C=O) groups excluding carboxylic acids is 2. The maximum atomic E-state index is 13.9. The molecule has 1 N–H and O–H groups in total. The fraction of sp³-hybridized carbons (Fsp3) is 0.310. The zero-order valence-corrected chi connectivity index (χ0v) is 23.4. The van der Waals surface area contributed by atoms with Crippen molar-refractivity contribution in [3.8, 4) is 0 Å². The van der Waals surface area contributed by atoms with Gasteiger partial charge in [-0.15, -0.1) is 0 Å². The molecule has 0 fully saturated rings. The summed E-state index contributed by atoms with van der Waals surface area (Å²) in [7, 11) is -4.52. The van der Waals surface area contributed by atoms with Crippen LogP contribution >= 0.6 is 0 Å². The van der Waals surface area contributed by atoms with Crippen LogP contribution in [0.2, 0.25) is 0 Å². The Morgan fingerprint density at radius 3 is 2.17 bits per heavy atom. The van der Waals surface area contributed by atoms with Crippen molar-refractivity contribution in [2.24, 2.45) is 0 Å². The molecule has 1 atom stereocenters. The Morgan fingerprint density at radius 2 is 1.59 bits per heavy atom. The van der Waals surface area contributed by atoms with Crippen molar-refractivity contribution >= 4 is 27.5 Å². The first-order valence-corrected chi connectivity index (χ1v) is 14.4. The minimum absolute atomic E-state index is 0.164. The van der Waals surface area contributed by atoms with Gasteiger partial charge in [-0.1, -0.05) is 50.2 Å². The van der Waals surface area contributed by atoms with E-state index >= 15 is 0 Å². The van der Waals surface area contributed by atoms with Crippen molar-refractivity contribution < 1.29 is 35.6 Å². The van der Waals surface area contributed by atoms with Gasteiger partial charge in [0.2, 0.25) is 11.8 Å². The fourth-order valence-electron chi connectivity index (χ4n) is 4.16. The quantitative estimate of drug-likeness (QED) is 0.286. The number of amides is 2. The van der Waals surface area contributed by atoms with Gasteiger partial charge in [-0.25, -0.2) is 12.8 Å². The molecule has 0 bridgehead atoms. The predicted molar refractivity (Wildman–Crippen MR) is 147 cm³/mol. The molecule has 0 saturated carbocycles. The van der Waals surface area contributed by atoms with Crippen LogP contribution in [0.15, 0.2) is 83.8 Å². The van der Waals surface area contributed by atoms with E-state index in [-0.39, 0.29) is 23.5 Å². The smallest absolute Gasteiger partial charge is 0.354 e. The minimum atomic E-state index is -4.76. The molecule has 3 aromatic carbocycles. The number of carbonyl (C=O) groups is 2. The lowest BCUT2D eigenvalue weighted by Gasteiger charge is -2.33. The topological polar surface area (TPSA) is 86.8 Å². The van der Waals surface area contributed by atoms with Gasteiger partial charge < -0.3 is 10.2 Å². The maximum absolute atomic E-state index is 13.9. The van der Waals surface area contributed by atoms with Crippen molar-refractivity contribution in [1.82, 2.24) is 10.2 Å². The van der Waals surface area contributed by atoms with Crippen LogP contribution < -0.4 is 9.62 Å². The number of rotatable bonds is 12. The van der Waals surface area contributed by atoms with E-state index in [2.05, 4.69) is 5.32 Å². The lowest BCUT2D eigenvalue weighted by molar-refractivity contribution is -0.140. The molecule has 0 saturated heterocycles. The summed E-state index contributed by atoms with van der Waals surface area (Å²) in [5.74, 6) is -1.81. The number of anilines is 1. The molecule has 0 unspecified atom stereocenters. The Balaban J connectivity index is 2.09. The van der Waals surface area contributed by atoms with Gasteiger partial charge in [-0.3, -0.25) is 13.9 Å². The summed E-state index contributed by atoms with van der Waals surface area (Å²) in [5, 5.41) is 2.73. The van der Waals surface area contributed by atoms with Gasteiger partial charge in [0, 0.05) is 13.1 Å². The highest BCUT2D eigenvalue weighted by atomic mass is 32.2. The Labute approximate surface area is 236 Å². The van der Waals surface area contributed by atoms with Crippen molar-refractivity contribution in [3.05, 3.63) is 95.8 Å². The summed E-state index contributed by atoms with van der Waals surface area (Å²) >= 11 is 0. The number of hydrogen-bond acceptors (Lipinski definition) is 4. The van der Waals surface area contributed by atoms with Crippen LogP contribution in [0.3, 0.4) is 0 Å². The van der Waals surface area contributed by atoms with E-state index in [1.807, 2.05) is 6.92 Å². The third-order valence-corrected chi connectivity index (χ3v) is 8.06. The Bertz CT molecular complexity index is 1430. The highest BCUT2D eigenvalue weighted by molar-refractivity contribution is 7.92. The van der Waals surface area contributed by atoms with E-state index in [1.165, 1.54) is 59.5 Å². The second kappa shape index (κ2) is 13.6. The number of nitrogens with one attached hydrogen (secondary N) is 1. The van der Waals surface area contributed by atoms with E-state index in [4.69, 9.17) is 0 Å². The second-order valence-electron chi connectivity index (χ2n) is 9.24. The number of hydrogen-bond donors (Lipinski definition) is 1. The average molecular weight is 594 g/mol. The zero-order valence-electron chi connectivity index (χ0n) is 22.6. The van der Waals surface area contributed by atoms with Crippen LogP contribution in [0.4, 0.5) is 23.2 Å². The summed E-state index contributed by atoms with van der Waals surface area (Å²) in [6, 6.07) is 14.9. The van der Waals surface area contributed by atoms with Crippen molar-refractivity contribution in [2.45, 2.75) is 50.3 Å². The average Bonchev–Trinajstić information content (AvgIpc) is 2.95. The van der Waals surface area contributed by atoms with E-state index in [9.17, 15) is 35.6 Å². The number of sulfonamides is 1. The predicted octanol–water partition coefficient (Wildman–Crippen LogP) is 5.37. The summed E-state index contributed by atoms with van der Waals surface area (Å²) in [6.45, 7) is 2.80. The van der Waals surface area contributed by atoms with Gasteiger partial charge in [0.15, 0.2) is 0 Å². The highest BCUT2D eigenvalue weighted by Crippen LogP contribution is 2.33. The van der Waals surface area contributed by atoms with Gasteiger partial charge in [0.1, 0.15) is 18.4 Å². The number of halogens is 4. The molecule has 41 heavy (non-hydrogen) atoms. The fourth-order valence-corrected chi connectivity index (χ4v) is 5.58. The molecular weight excluding hydrogens is 562 g/mol. The van der Waals surface area contributed by atoms with Crippen LogP contribution in [0.1, 0.15) is 37.8 Å².